The first-order valence-electron chi connectivity index (χ1n) is 2.99. The number of benzene rings is 1. The van der Waals surface area contributed by atoms with E-state index < -0.39 is 0 Å². The maximum Gasteiger partial charge on any atom is 0.0681 e. The van der Waals surface area contributed by atoms with Crippen molar-refractivity contribution in [1.29, 1.82) is 0 Å². The normalized spacial score (nSPS) is 8.60. The van der Waals surface area contributed by atoms with Crippen molar-refractivity contribution in [3.8, 4) is 0 Å². The van der Waals surface area contributed by atoms with E-state index in [1.807, 2.05) is 31.2 Å². The molecule has 0 aliphatic carbocycles. The van der Waals surface area contributed by atoms with Gasteiger partial charge in [-0.25, -0.2) is 0 Å². The smallest absolute Gasteiger partial charge is 0.0681 e. The monoisotopic (exact) mass is 138 g/mol. The minimum Gasteiger partial charge on any atom is -0.392 e. The van der Waals surface area contributed by atoms with Crippen molar-refractivity contribution in [1.82, 2.24) is 0 Å². The van der Waals surface area contributed by atoms with E-state index in [9.17, 15) is 0 Å². The number of hydrogen-bond acceptors (Lipinski definition) is 1. The molecule has 1 nitrogen and oxygen atoms in total. The van der Waals surface area contributed by atoms with Crippen molar-refractivity contribution in [3.05, 3.63) is 35.4 Å². The lowest BCUT2D eigenvalue weighted by Gasteiger charge is -1.94. The Labute approximate surface area is 62.3 Å². The van der Waals surface area contributed by atoms with Gasteiger partial charge in [-0.1, -0.05) is 37.3 Å². The summed E-state index contributed by atoms with van der Waals surface area (Å²) in [7, 11) is 0. The topological polar surface area (TPSA) is 20.2 Å². The summed E-state index contributed by atoms with van der Waals surface area (Å²) in [6.07, 6.45) is 0. The van der Waals surface area contributed by atoms with Crippen molar-refractivity contribution < 1.29 is 5.11 Å². The van der Waals surface area contributed by atoms with E-state index in [1.54, 1.807) is 0 Å². The van der Waals surface area contributed by atoms with Crippen LogP contribution in [0, 0.1) is 6.92 Å². The summed E-state index contributed by atoms with van der Waals surface area (Å²) in [5, 5.41) is 8.66. The van der Waals surface area contributed by atoms with Gasteiger partial charge in [0.1, 0.15) is 0 Å². The van der Waals surface area contributed by atoms with Gasteiger partial charge in [-0.05, 0) is 12.5 Å². The second-order valence-corrected chi connectivity index (χ2v) is 2.15. The van der Waals surface area contributed by atoms with Gasteiger partial charge in [0.05, 0.1) is 6.61 Å². The molecule has 0 saturated carbocycles. The Hall–Kier alpha value is -0.820. The van der Waals surface area contributed by atoms with Crippen molar-refractivity contribution in [2.45, 2.75) is 21.0 Å². The van der Waals surface area contributed by atoms with Gasteiger partial charge in [-0.3, -0.25) is 0 Å². The molecule has 0 atom stereocenters. The highest BCUT2D eigenvalue weighted by atomic mass is 16.3. The molecule has 0 aromatic heterocycles. The zero-order valence-corrected chi connectivity index (χ0v) is 5.46. The van der Waals surface area contributed by atoms with Crippen molar-refractivity contribution >= 4 is 0 Å². The molecule has 0 unspecified atom stereocenters. The van der Waals surface area contributed by atoms with Crippen LogP contribution < -0.4 is 0 Å². The molecule has 56 valence electrons. The molecule has 0 aliphatic heterocycles. The first-order valence-corrected chi connectivity index (χ1v) is 2.99. The molecule has 1 heteroatoms. The molecule has 1 aromatic carbocycles. The Morgan fingerprint density at radius 2 is 2.10 bits per heavy atom. The Balaban J connectivity index is 0.000000810. The third-order valence-corrected chi connectivity index (χ3v) is 1.27. The van der Waals surface area contributed by atoms with Gasteiger partial charge >= 0.3 is 0 Å². The van der Waals surface area contributed by atoms with Crippen LogP contribution in [-0.4, -0.2) is 5.11 Å². The van der Waals surface area contributed by atoms with Crippen LogP contribution in [0.5, 0.6) is 0 Å². The van der Waals surface area contributed by atoms with Gasteiger partial charge in [0.15, 0.2) is 0 Å². The summed E-state index contributed by atoms with van der Waals surface area (Å²) in [6, 6.07) is 7.84. The SMILES string of the molecule is C.Cc1cccc(CO)c1. The molecular formula is C9H14O. The van der Waals surface area contributed by atoms with Crippen LogP contribution in [0.4, 0.5) is 0 Å². The fourth-order valence-corrected chi connectivity index (χ4v) is 0.810. The second-order valence-electron chi connectivity index (χ2n) is 2.15. The Morgan fingerprint density at radius 1 is 1.40 bits per heavy atom. The molecule has 0 amide bonds. The number of hydrogen-bond donors (Lipinski definition) is 1. The van der Waals surface area contributed by atoms with Gasteiger partial charge in [0.25, 0.3) is 0 Å². The summed E-state index contributed by atoms with van der Waals surface area (Å²) in [5.41, 5.74) is 2.18. The summed E-state index contributed by atoms with van der Waals surface area (Å²) in [5.74, 6) is 0. The summed E-state index contributed by atoms with van der Waals surface area (Å²) in [4.78, 5) is 0. The lowest BCUT2D eigenvalue weighted by Crippen LogP contribution is -1.81. The lowest BCUT2D eigenvalue weighted by atomic mass is 10.1. The third-order valence-electron chi connectivity index (χ3n) is 1.27. The quantitative estimate of drug-likeness (QED) is 0.630. The van der Waals surface area contributed by atoms with E-state index in [2.05, 4.69) is 0 Å². The van der Waals surface area contributed by atoms with Gasteiger partial charge in [0, 0.05) is 0 Å². The van der Waals surface area contributed by atoms with Crippen molar-refractivity contribution in [2.75, 3.05) is 0 Å². The van der Waals surface area contributed by atoms with Gasteiger partial charge < -0.3 is 5.11 Å². The van der Waals surface area contributed by atoms with Gasteiger partial charge in [0.2, 0.25) is 0 Å². The highest BCUT2D eigenvalue weighted by Crippen LogP contribution is 2.02. The molecule has 10 heavy (non-hydrogen) atoms. The first-order chi connectivity index (χ1) is 4.33. The number of aliphatic hydroxyl groups excluding tert-OH is 1. The molecular weight excluding hydrogens is 124 g/mol. The highest BCUT2D eigenvalue weighted by Gasteiger charge is 1.86. The van der Waals surface area contributed by atoms with Crippen LogP contribution in [0.2, 0.25) is 0 Å². The zero-order chi connectivity index (χ0) is 6.69. The van der Waals surface area contributed by atoms with Crippen LogP contribution >= 0.6 is 0 Å². The van der Waals surface area contributed by atoms with E-state index in [0.29, 0.717) is 0 Å². The molecule has 1 N–H and O–H groups in total. The van der Waals surface area contributed by atoms with E-state index >= 15 is 0 Å². The Kier molecular flexibility index (Phi) is 3.74. The summed E-state index contributed by atoms with van der Waals surface area (Å²) in [6.45, 7) is 2.15. The summed E-state index contributed by atoms with van der Waals surface area (Å²) >= 11 is 0. The third kappa shape index (κ3) is 2.19. The lowest BCUT2D eigenvalue weighted by molar-refractivity contribution is 0.282. The minimum atomic E-state index is 0. The predicted molar refractivity (Wildman–Crippen MR) is 43.8 cm³/mol. The average Bonchev–Trinajstić information content (AvgIpc) is 1.88. The molecule has 0 radical (unpaired) electrons. The molecule has 0 saturated heterocycles. The molecule has 0 aliphatic rings. The van der Waals surface area contributed by atoms with E-state index in [4.69, 9.17) is 5.11 Å². The standard InChI is InChI=1S/C8H10O.CH4/c1-7-3-2-4-8(5-7)6-9;/h2-5,9H,6H2,1H3;1H4. The predicted octanol–water partition coefficient (Wildman–Crippen LogP) is 2.12. The number of aliphatic hydroxyl groups is 1. The highest BCUT2D eigenvalue weighted by molar-refractivity contribution is 5.21. The molecule has 0 heterocycles. The Bertz CT molecular complexity index is 194. The molecule has 0 bridgehead atoms. The molecule has 0 spiro atoms. The fourth-order valence-electron chi connectivity index (χ4n) is 0.810. The summed E-state index contributed by atoms with van der Waals surface area (Å²) < 4.78 is 0. The zero-order valence-electron chi connectivity index (χ0n) is 5.46. The maximum absolute atomic E-state index is 8.66. The van der Waals surface area contributed by atoms with Crippen molar-refractivity contribution in [3.63, 3.8) is 0 Å². The van der Waals surface area contributed by atoms with Crippen molar-refractivity contribution in [2.24, 2.45) is 0 Å². The van der Waals surface area contributed by atoms with Gasteiger partial charge in [-0.15, -0.1) is 0 Å². The van der Waals surface area contributed by atoms with Crippen LogP contribution in [0.15, 0.2) is 24.3 Å². The largest absolute Gasteiger partial charge is 0.392 e. The van der Waals surface area contributed by atoms with Crippen LogP contribution in [0.25, 0.3) is 0 Å². The second kappa shape index (κ2) is 4.07. The maximum atomic E-state index is 8.66. The first kappa shape index (κ1) is 9.18. The molecule has 1 rings (SSSR count). The average molecular weight is 138 g/mol. The van der Waals surface area contributed by atoms with Crippen LogP contribution in [-0.2, 0) is 6.61 Å². The van der Waals surface area contributed by atoms with E-state index in [-0.39, 0.29) is 14.0 Å². The van der Waals surface area contributed by atoms with Crippen LogP contribution in [0.1, 0.15) is 18.6 Å². The number of aryl methyl sites for hydroxylation is 1. The fraction of sp³-hybridized carbons (Fsp3) is 0.333. The molecule has 0 fully saturated rings. The van der Waals surface area contributed by atoms with Gasteiger partial charge in [-0.2, -0.15) is 0 Å². The number of rotatable bonds is 1. The Morgan fingerprint density at radius 3 is 2.50 bits per heavy atom. The van der Waals surface area contributed by atoms with Crippen LogP contribution in [0.3, 0.4) is 0 Å². The molecule has 1 aromatic rings. The van der Waals surface area contributed by atoms with E-state index in [0.717, 1.165) is 5.56 Å². The minimum absolute atomic E-state index is 0. The van der Waals surface area contributed by atoms with E-state index in [1.165, 1.54) is 5.56 Å².